The van der Waals surface area contributed by atoms with Crippen LogP contribution in [-0.2, 0) is 0 Å². The van der Waals surface area contributed by atoms with Crippen LogP contribution in [-0.4, -0.2) is 11.0 Å². The standard InChI is InChI=1S/C15H12Cl2OS/c1-10(19-14-8-3-2-7-13(14)17)15(18)11-5-4-6-12(16)9-11/h2-10H,1H3. The van der Waals surface area contributed by atoms with Crippen LogP contribution in [0.25, 0.3) is 0 Å². The van der Waals surface area contributed by atoms with E-state index in [0.29, 0.717) is 15.6 Å². The normalized spacial score (nSPS) is 12.2. The van der Waals surface area contributed by atoms with Crippen LogP contribution in [0.1, 0.15) is 17.3 Å². The predicted octanol–water partition coefficient (Wildman–Crippen LogP) is 5.36. The van der Waals surface area contributed by atoms with Gasteiger partial charge in [0.15, 0.2) is 5.78 Å². The molecule has 0 N–H and O–H groups in total. The Morgan fingerprint density at radius 1 is 1.11 bits per heavy atom. The fourth-order valence-electron chi connectivity index (χ4n) is 1.66. The molecule has 2 rings (SSSR count). The van der Waals surface area contributed by atoms with Crippen molar-refractivity contribution in [1.82, 2.24) is 0 Å². The average Bonchev–Trinajstić information content (AvgIpc) is 2.40. The van der Waals surface area contributed by atoms with Crippen LogP contribution in [0.5, 0.6) is 0 Å². The Labute approximate surface area is 126 Å². The van der Waals surface area contributed by atoms with Gasteiger partial charge in [-0.25, -0.2) is 0 Å². The van der Waals surface area contributed by atoms with Gasteiger partial charge in [-0.3, -0.25) is 4.79 Å². The van der Waals surface area contributed by atoms with Gasteiger partial charge in [-0.15, -0.1) is 11.8 Å². The van der Waals surface area contributed by atoms with Crippen molar-refractivity contribution in [1.29, 1.82) is 0 Å². The molecule has 0 bridgehead atoms. The minimum absolute atomic E-state index is 0.0485. The third-order valence-corrected chi connectivity index (χ3v) is 4.47. The molecule has 0 aliphatic rings. The first-order valence-corrected chi connectivity index (χ1v) is 7.42. The summed E-state index contributed by atoms with van der Waals surface area (Å²) in [5.41, 5.74) is 0.625. The second-order valence-corrected chi connectivity index (χ2v) is 6.29. The lowest BCUT2D eigenvalue weighted by atomic mass is 10.1. The van der Waals surface area contributed by atoms with Crippen molar-refractivity contribution in [2.75, 3.05) is 0 Å². The molecule has 0 aromatic heterocycles. The van der Waals surface area contributed by atoms with E-state index in [0.717, 1.165) is 4.90 Å². The van der Waals surface area contributed by atoms with Gasteiger partial charge in [0.25, 0.3) is 0 Å². The van der Waals surface area contributed by atoms with Gasteiger partial charge in [-0.05, 0) is 31.2 Å². The highest BCUT2D eigenvalue weighted by Gasteiger charge is 2.17. The Morgan fingerprint density at radius 2 is 1.84 bits per heavy atom. The number of rotatable bonds is 4. The zero-order valence-corrected chi connectivity index (χ0v) is 12.6. The second-order valence-electron chi connectivity index (χ2n) is 4.07. The number of carbonyl (C=O) groups is 1. The van der Waals surface area contributed by atoms with E-state index in [-0.39, 0.29) is 11.0 Å². The highest BCUT2D eigenvalue weighted by molar-refractivity contribution is 8.00. The minimum Gasteiger partial charge on any atom is -0.293 e. The van der Waals surface area contributed by atoms with E-state index in [1.807, 2.05) is 31.2 Å². The molecular formula is C15H12Cl2OS. The van der Waals surface area contributed by atoms with E-state index < -0.39 is 0 Å². The van der Waals surface area contributed by atoms with Crippen LogP contribution in [0.2, 0.25) is 10.0 Å². The topological polar surface area (TPSA) is 17.1 Å². The second kappa shape index (κ2) is 6.47. The van der Waals surface area contributed by atoms with Gasteiger partial charge in [0.05, 0.1) is 10.3 Å². The monoisotopic (exact) mass is 310 g/mol. The molecule has 2 aromatic rings. The van der Waals surface area contributed by atoms with E-state index in [1.54, 1.807) is 24.3 Å². The molecule has 0 saturated carbocycles. The van der Waals surface area contributed by atoms with E-state index in [4.69, 9.17) is 23.2 Å². The van der Waals surface area contributed by atoms with Crippen LogP contribution in [0.4, 0.5) is 0 Å². The molecule has 0 radical (unpaired) electrons. The number of ketones is 1. The number of hydrogen-bond donors (Lipinski definition) is 0. The summed E-state index contributed by atoms with van der Waals surface area (Å²) in [6.45, 7) is 1.87. The molecule has 0 aliphatic heterocycles. The molecule has 4 heteroatoms. The Hall–Kier alpha value is -0.960. The summed E-state index contributed by atoms with van der Waals surface area (Å²) < 4.78 is 0. The first kappa shape index (κ1) is 14.4. The van der Waals surface area contributed by atoms with Crippen molar-refractivity contribution in [3.8, 4) is 0 Å². The molecule has 2 aromatic carbocycles. The van der Waals surface area contributed by atoms with Crippen molar-refractivity contribution >= 4 is 40.7 Å². The molecule has 1 unspecified atom stereocenters. The predicted molar refractivity (Wildman–Crippen MR) is 82.6 cm³/mol. The Balaban J connectivity index is 2.14. The van der Waals surface area contributed by atoms with Crippen molar-refractivity contribution in [3.63, 3.8) is 0 Å². The lowest BCUT2D eigenvalue weighted by molar-refractivity contribution is 0.0994. The van der Waals surface area contributed by atoms with E-state index >= 15 is 0 Å². The molecule has 98 valence electrons. The third kappa shape index (κ3) is 3.75. The third-order valence-electron chi connectivity index (χ3n) is 2.62. The molecule has 0 aliphatic carbocycles. The Bertz CT molecular complexity index is 598. The Kier molecular flexibility index (Phi) is 4.92. The zero-order chi connectivity index (χ0) is 13.8. The number of benzene rings is 2. The van der Waals surface area contributed by atoms with Crippen LogP contribution in [0, 0.1) is 0 Å². The molecule has 0 amide bonds. The fourth-order valence-corrected chi connectivity index (χ4v) is 3.08. The summed E-state index contributed by atoms with van der Waals surface area (Å²) in [6, 6.07) is 14.5. The van der Waals surface area contributed by atoms with E-state index in [9.17, 15) is 4.79 Å². The number of halogens is 2. The zero-order valence-electron chi connectivity index (χ0n) is 10.3. The summed E-state index contributed by atoms with van der Waals surface area (Å²) >= 11 is 13.4. The molecule has 1 atom stereocenters. The molecule has 0 spiro atoms. The van der Waals surface area contributed by atoms with Gasteiger partial charge in [0, 0.05) is 15.5 Å². The number of Topliss-reactive ketones (excluding diaryl/α,β-unsaturated/α-hetero) is 1. The molecule has 0 fully saturated rings. The van der Waals surface area contributed by atoms with Crippen LogP contribution in [0.3, 0.4) is 0 Å². The summed E-state index contributed by atoms with van der Waals surface area (Å²) in [7, 11) is 0. The number of carbonyl (C=O) groups excluding carboxylic acids is 1. The van der Waals surface area contributed by atoms with Gasteiger partial charge < -0.3 is 0 Å². The van der Waals surface area contributed by atoms with E-state index in [1.165, 1.54) is 11.8 Å². The van der Waals surface area contributed by atoms with Crippen LogP contribution < -0.4 is 0 Å². The van der Waals surface area contributed by atoms with Gasteiger partial charge in [-0.2, -0.15) is 0 Å². The van der Waals surface area contributed by atoms with Gasteiger partial charge in [-0.1, -0.05) is 47.5 Å². The summed E-state index contributed by atoms with van der Waals surface area (Å²) in [4.78, 5) is 13.2. The van der Waals surface area contributed by atoms with Crippen molar-refractivity contribution in [2.45, 2.75) is 17.1 Å². The summed E-state index contributed by atoms with van der Waals surface area (Å²) in [5, 5.41) is 1.03. The first-order chi connectivity index (χ1) is 9.08. The van der Waals surface area contributed by atoms with Gasteiger partial charge >= 0.3 is 0 Å². The average molecular weight is 311 g/mol. The van der Waals surface area contributed by atoms with Crippen molar-refractivity contribution in [3.05, 3.63) is 64.1 Å². The maximum absolute atomic E-state index is 12.3. The molecule has 0 heterocycles. The van der Waals surface area contributed by atoms with Gasteiger partial charge in [0.2, 0.25) is 0 Å². The maximum atomic E-state index is 12.3. The Morgan fingerprint density at radius 3 is 2.53 bits per heavy atom. The minimum atomic E-state index is -0.210. The molecular weight excluding hydrogens is 299 g/mol. The molecule has 0 saturated heterocycles. The SMILES string of the molecule is CC(Sc1ccccc1Cl)C(=O)c1cccc(Cl)c1. The quantitative estimate of drug-likeness (QED) is 0.559. The highest BCUT2D eigenvalue weighted by atomic mass is 35.5. The summed E-state index contributed by atoms with van der Waals surface area (Å²) in [5.74, 6) is 0.0485. The fraction of sp³-hybridized carbons (Fsp3) is 0.133. The van der Waals surface area contributed by atoms with Crippen LogP contribution >= 0.6 is 35.0 Å². The lowest BCUT2D eigenvalue weighted by Crippen LogP contribution is -2.13. The molecule has 19 heavy (non-hydrogen) atoms. The van der Waals surface area contributed by atoms with Crippen molar-refractivity contribution < 1.29 is 4.79 Å². The highest BCUT2D eigenvalue weighted by Crippen LogP contribution is 2.31. The summed E-state index contributed by atoms with van der Waals surface area (Å²) in [6.07, 6.45) is 0. The number of hydrogen-bond acceptors (Lipinski definition) is 2. The number of thioether (sulfide) groups is 1. The maximum Gasteiger partial charge on any atom is 0.175 e. The smallest absolute Gasteiger partial charge is 0.175 e. The van der Waals surface area contributed by atoms with E-state index in [2.05, 4.69) is 0 Å². The van der Waals surface area contributed by atoms with Gasteiger partial charge in [0.1, 0.15) is 0 Å². The lowest BCUT2D eigenvalue weighted by Gasteiger charge is -2.11. The largest absolute Gasteiger partial charge is 0.293 e. The first-order valence-electron chi connectivity index (χ1n) is 5.79. The van der Waals surface area contributed by atoms with Crippen LogP contribution in [0.15, 0.2) is 53.4 Å². The van der Waals surface area contributed by atoms with Crippen molar-refractivity contribution in [2.24, 2.45) is 0 Å². The molecule has 1 nitrogen and oxygen atoms in total.